The molecule has 0 radical (unpaired) electrons. The minimum Gasteiger partial charge on any atom is -0.385 e. The van der Waals surface area contributed by atoms with Crippen molar-refractivity contribution in [2.75, 3.05) is 17.2 Å². The highest BCUT2D eigenvalue weighted by Gasteiger charge is 2.13. The highest BCUT2D eigenvalue weighted by atomic mass is 79.9. The Morgan fingerprint density at radius 2 is 2.15 bits per heavy atom. The van der Waals surface area contributed by atoms with Crippen LogP contribution in [0, 0.1) is 0 Å². The lowest BCUT2D eigenvalue weighted by atomic mass is 10.2. The van der Waals surface area contributed by atoms with Gasteiger partial charge in [-0.3, -0.25) is 9.78 Å². The Bertz CT molecular complexity index is 634. The van der Waals surface area contributed by atoms with Gasteiger partial charge in [-0.15, -0.1) is 0 Å². The third-order valence-electron chi connectivity index (χ3n) is 2.61. The van der Waals surface area contributed by atoms with Crippen molar-refractivity contribution >= 4 is 44.8 Å². The minimum absolute atomic E-state index is 0.252. The van der Waals surface area contributed by atoms with Crippen molar-refractivity contribution < 1.29 is 4.79 Å². The van der Waals surface area contributed by atoms with Crippen LogP contribution in [0.25, 0.3) is 0 Å². The molecule has 1 heterocycles. The fraction of sp³-hybridized carbons (Fsp3) is 0.143. The van der Waals surface area contributed by atoms with Crippen LogP contribution in [0.3, 0.4) is 0 Å². The normalized spacial score (nSPS) is 10.2. The first-order chi connectivity index (χ1) is 9.61. The summed E-state index contributed by atoms with van der Waals surface area (Å²) >= 11 is 9.41. The Morgan fingerprint density at radius 1 is 1.35 bits per heavy atom. The number of carbonyl (C=O) groups is 1. The lowest BCUT2D eigenvalue weighted by Gasteiger charge is -2.11. The molecule has 0 aliphatic heterocycles. The van der Waals surface area contributed by atoms with Crippen molar-refractivity contribution in [2.24, 2.45) is 0 Å². The molecule has 6 heteroatoms. The highest BCUT2D eigenvalue weighted by molar-refractivity contribution is 9.10. The van der Waals surface area contributed by atoms with Crippen LogP contribution in [0.4, 0.5) is 11.4 Å². The van der Waals surface area contributed by atoms with Gasteiger partial charge in [-0.1, -0.05) is 27.5 Å². The summed E-state index contributed by atoms with van der Waals surface area (Å²) in [7, 11) is 0. The average Bonchev–Trinajstić information content (AvgIpc) is 2.43. The van der Waals surface area contributed by atoms with Gasteiger partial charge in [0.1, 0.15) is 0 Å². The molecule has 0 bridgehead atoms. The van der Waals surface area contributed by atoms with Crippen LogP contribution in [-0.2, 0) is 0 Å². The van der Waals surface area contributed by atoms with Crippen LogP contribution in [-0.4, -0.2) is 17.4 Å². The van der Waals surface area contributed by atoms with Crippen molar-refractivity contribution in [3.05, 3.63) is 51.7 Å². The molecule has 2 aromatic rings. The number of halogens is 2. The zero-order chi connectivity index (χ0) is 14.5. The fourth-order valence-corrected chi connectivity index (χ4v) is 2.42. The Kier molecular flexibility index (Phi) is 4.98. The molecule has 104 valence electrons. The van der Waals surface area contributed by atoms with Gasteiger partial charge in [-0.2, -0.15) is 0 Å². The predicted molar refractivity (Wildman–Crippen MR) is 85.5 cm³/mol. The second-order valence-electron chi connectivity index (χ2n) is 4.03. The van der Waals surface area contributed by atoms with E-state index in [9.17, 15) is 4.79 Å². The van der Waals surface area contributed by atoms with E-state index >= 15 is 0 Å². The summed E-state index contributed by atoms with van der Waals surface area (Å²) in [5.41, 5.74) is 1.78. The predicted octanol–water partition coefficient (Wildman–Crippen LogP) is 4.18. The standard InChI is InChI=1S/C14H13BrClN3O/c1-2-18-12-5-6-17-8-10(12)14(20)19-13-4-3-9(15)7-11(13)16/h3-8H,2H2,1H3,(H,17,18)(H,19,20). The molecule has 1 aromatic carbocycles. The van der Waals surface area contributed by atoms with Gasteiger partial charge >= 0.3 is 0 Å². The van der Waals surface area contributed by atoms with Crippen LogP contribution >= 0.6 is 27.5 Å². The number of aromatic nitrogens is 1. The molecule has 0 aliphatic rings. The van der Waals surface area contributed by atoms with Gasteiger partial charge in [0.15, 0.2) is 0 Å². The van der Waals surface area contributed by atoms with E-state index in [4.69, 9.17) is 11.6 Å². The summed E-state index contributed by atoms with van der Waals surface area (Å²) in [5.74, 6) is -0.252. The first-order valence-corrected chi connectivity index (χ1v) is 7.23. The molecule has 0 spiro atoms. The number of rotatable bonds is 4. The van der Waals surface area contributed by atoms with Crippen molar-refractivity contribution in [2.45, 2.75) is 6.92 Å². The summed E-state index contributed by atoms with van der Waals surface area (Å²) < 4.78 is 0.857. The first-order valence-electron chi connectivity index (χ1n) is 6.06. The zero-order valence-corrected chi connectivity index (χ0v) is 13.1. The molecule has 20 heavy (non-hydrogen) atoms. The van der Waals surface area contributed by atoms with E-state index < -0.39 is 0 Å². The van der Waals surface area contributed by atoms with E-state index in [1.807, 2.05) is 13.0 Å². The molecule has 0 atom stereocenters. The van der Waals surface area contributed by atoms with Crippen molar-refractivity contribution in [1.29, 1.82) is 0 Å². The van der Waals surface area contributed by atoms with Crippen LogP contribution in [0.5, 0.6) is 0 Å². The molecule has 0 unspecified atom stereocenters. The van der Waals surface area contributed by atoms with Gasteiger partial charge in [0.25, 0.3) is 5.91 Å². The Balaban J connectivity index is 2.24. The SMILES string of the molecule is CCNc1ccncc1C(=O)Nc1ccc(Br)cc1Cl. The quantitative estimate of drug-likeness (QED) is 0.866. The smallest absolute Gasteiger partial charge is 0.259 e. The summed E-state index contributed by atoms with van der Waals surface area (Å²) in [6.45, 7) is 2.69. The number of nitrogens with one attached hydrogen (secondary N) is 2. The molecule has 4 nitrogen and oxygen atoms in total. The maximum absolute atomic E-state index is 12.3. The summed E-state index contributed by atoms with van der Waals surface area (Å²) in [5, 5.41) is 6.38. The van der Waals surface area contributed by atoms with Gasteiger partial charge in [-0.25, -0.2) is 0 Å². The molecule has 1 amide bonds. The van der Waals surface area contributed by atoms with E-state index in [0.717, 1.165) is 16.7 Å². The first kappa shape index (κ1) is 14.8. The van der Waals surface area contributed by atoms with Crippen LogP contribution in [0.1, 0.15) is 17.3 Å². The Morgan fingerprint density at radius 3 is 2.85 bits per heavy atom. The number of anilines is 2. The lowest BCUT2D eigenvalue weighted by molar-refractivity contribution is 0.102. The van der Waals surface area contributed by atoms with E-state index in [0.29, 0.717) is 16.3 Å². The fourth-order valence-electron chi connectivity index (χ4n) is 1.70. The molecule has 0 fully saturated rings. The number of hydrogen-bond acceptors (Lipinski definition) is 3. The third kappa shape index (κ3) is 3.49. The second kappa shape index (κ2) is 6.72. The Hall–Kier alpha value is -1.59. The minimum atomic E-state index is -0.252. The number of pyridine rings is 1. The zero-order valence-electron chi connectivity index (χ0n) is 10.8. The molecule has 0 saturated heterocycles. The maximum Gasteiger partial charge on any atom is 0.259 e. The average molecular weight is 355 g/mol. The largest absolute Gasteiger partial charge is 0.385 e. The lowest BCUT2D eigenvalue weighted by Crippen LogP contribution is -2.15. The summed E-state index contributed by atoms with van der Waals surface area (Å²) in [6, 6.07) is 7.05. The van der Waals surface area contributed by atoms with Gasteiger partial charge in [0.2, 0.25) is 0 Å². The van der Waals surface area contributed by atoms with Gasteiger partial charge in [0.05, 0.1) is 22.0 Å². The number of benzene rings is 1. The third-order valence-corrected chi connectivity index (χ3v) is 3.42. The summed E-state index contributed by atoms with van der Waals surface area (Å²) in [4.78, 5) is 16.3. The van der Waals surface area contributed by atoms with Gasteiger partial charge in [-0.05, 0) is 31.2 Å². The second-order valence-corrected chi connectivity index (χ2v) is 5.35. The monoisotopic (exact) mass is 353 g/mol. The molecular weight excluding hydrogens is 342 g/mol. The van der Waals surface area contributed by atoms with E-state index in [-0.39, 0.29) is 5.91 Å². The van der Waals surface area contributed by atoms with Crippen LogP contribution in [0.15, 0.2) is 41.1 Å². The van der Waals surface area contributed by atoms with E-state index in [2.05, 4.69) is 31.5 Å². The maximum atomic E-state index is 12.3. The molecule has 2 rings (SSSR count). The Labute approximate surface area is 130 Å². The molecule has 0 aliphatic carbocycles. The highest BCUT2D eigenvalue weighted by Crippen LogP contribution is 2.26. The van der Waals surface area contributed by atoms with Gasteiger partial charge in [0, 0.05) is 23.4 Å². The number of amides is 1. The van der Waals surface area contributed by atoms with E-state index in [1.54, 1.807) is 24.4 Å². The number of hydrogen-bond donors (Lipinski definition) is 2. The van der Waals surface area contributed by atoms with Crippen molar-refractivity contribution in [3.8, 4) is 0 Å². The molecule has 2 N–H and O–H groups in total. The number of carbonyl (C=O) groups excluding carboxylic acids is 1. The van der Waals surface area contributed by atoms with Gasteiger partial charge < -0.3 is 10.6 Å². The van der Waals surface area contributed by atoms with Crippen molar-refractivity contribution in [1.82, 2.24) is 4.98 Å². The molecule has 1 aromatic heterocycles. The van der Waals surface area contributed by atoms with E-state index in [1.165, 1.54) is 6.20 Å². The molecule has 0 saturated carbocycles. The molecular formula is C14H13BrClN3O. The number of nitrogens with zero attached hydrogens (tertiary/aromatic N) is 1. The van der Waals surface area contributed by atoms with Crippen molar-refractivity contribution in [3.63, 3.8) is 0 Å². The van der Waals surface area contributed by atoms with Crippen LogP contribution in [0.2, 0.25) is 5.02 Å². The summed E-state index contributed by atoms with van der Waals surface area (Å²) in [6.07, 6.45) is 3.17. The van der Waals surface area contributed by atoms with Crippen LogP contribution < -0.4 is 10.6 Å². The topological polar surface area (TPSA) is 54.0 Å².